The maximum absolute atomic E-state index is 11.8. The van der Waals surface area contributed by atoms with Gasteiger partial charge in [-0.2, -0.15) is 0 Å². The number of esters is 1. The average molecular weight is 269 g/mol. The van der Waals surface area contributed by atoms with E-state index in [0.717, 1.165) is 19.3 Å². The van der Waals surface area contributed by atoms with Gasteiger partial charge in [-0.25, -0.2) is 0 Å². The fourth-order valence-corrected chi connectivity index (χ4v) is 4.00. The van der Waals surface area contributed by atoms with Crippen LogP contribution in [0.4, 0.5) is 0 Å². The fourth-order valence-electron chi connectivity index (χ4n) is 4.00. The zero-order valence-electron chi connectivity index (χ0n) is 12.6. The molecule has 2 fully saturated rings. The molecule has 4 heteroatoms. The number of methoxy groups -OCH3 is 2. The molecular formula is C15H27NO3. The Morgan fingerprint density at radius 1 is 1.05 bits per heavy atom. The topological polar surface area (TPSA) is 38.8 Å². The van der Waals surface area contributed by atoms with Crippen molar-refractivity contribution >= 4 is 5.97 Å². The van der Waals surface area contributed by atoms with Gasteiger partial charge >= 0.3 is 5.97 Å². The van der Waals surface area contributed by atoms with Crippen LogP contribution in [-0.2, 0) is 14.3 Å². The van der Waals surface area contributed by atoms with Gasteiger partial charge in [-0.1, -0.05) is 0 Å². The lowest BCUT2D eigenvalue weighted by atomic mass is 9.82. The van der Waals surface area contributed by atoms with Gasteiger partial charge in [-0.3, -0.25) is 9.69 Å². The van der Waals surface area contributed by atoms with E-state index in [1.165, 1.54) is 20.0 Å². The second-order valence-electron chi connectivity index (χ2n) is 6.09. The molecule has 1 aliphatic carbocycles. The molecule has 1 saturated heterocycles. The van der Waals surface area contributed by atoms with Crippen molar-refractivity contribution < 1.29 is 14.3 Å². The molecule has 0 spiro atoms. The highest BCUT2D eigenvalue weighted by Crippen LogP contribution is 2.36. The van der Waals surface area contributed by atoms with E-state index < -0.39 is 0 Å². The van der Waals surface area contributed by atoms with Gasteiger partial charge in [-0.05, 0) is 46.0 Å². The summed E-state index contributed by atoms with van der Waals surface area (Å²) in [5.41, 5.74) is 0. The first-order valence-electron chi connectivity index (χ1n) is 7.46. The monoisotopic (exact) mass is 269 g/mol. The van der Waals surface area contributed by atoms with E-state index in [-0.39, 0.29) is 18.0 Å². The Bertz CT molecular complexity index is 311. The quantitative estimate of drug-likeness (QED) is 0.736. The molecule has 2 aliphatic rings. The minimum absolute atomic E-state index is 0.00574. The highest BCUT2D eigenvalue weighted by Gasteiger charge is 2.41. The Labute approximate surface area is 116 Å². The van der Waals surface area contributed by atoms with Crippen molar-refractivity contribution in [1.82, 2.24) is 4.90 Å². The van der Waals surface area contributed by atoms with E-state index in [2.05, 4.69) is 18.7 Å². The fraction of sp³-hybridized carbons (Fsp3) is 0.933. The molecule has 0 bridgehead atoms. The first kappa shape index (κ1) is 14.8. The summed E-state index contributed by atoms with van der Waals surface area (Å²) in [4.78, 5) is 14.4. The maximum atomic E-state index is 11.8. The van der Waals surface area contributed by atoms with Crippen LogP contribution < -0.4 is 0 Å². The van der Waals surface area contributed by atoms with Crippen LogP contribution in [0.3, 0.4) is 0 Å². The summed E-state index contributed by atoms with van der Waals surface area (Å²) in [5.74, 6) is -0.202. The Morgan fingerprint density at radius 2 is 1.68 bits per heavy atom. The molecule has 0 aromatic heterocycles. The molecule has 110 valence electrons. The van der Waals surface area contributed by atoms with E-state index in [4.69, 9.17) is 9.47 Å². The van der Waals surface area contributed by atoms with Crippen molar-refractivity contribution in [3.05, 3.63) is 0 Å². The third-order valence-corrected chi connectivity index (χ3v) is 5.01. The van der Waals surface area contributed by atoms with Crippen molar-refractivity contribution in [2.24, 2.45) is 5.92 Å². The molecule has 0 aromatic carbocycles. The van der Waals surface area contributed by atoms with Crippen molar-refractivity contribution in [2.75, 3.05) is 14.2 Å². The molecule has 2 rings (SSSR count). The number of hydrogen-bond donors (Lipinski definition) is 0. The maximum Gasteiger partial charge on any atom is 0.311 e. The Balaban J connectivity index is 2.02. The summed E-state index contributed by atoms with van der Waals surface area (Å²) in [6, 6.07) is 1.87. The van der Waals surface area contributed by atoms with Crippen LogP contribution in [0, 0.1) is 5.92 Å². The first-order valence-corrected chi connectivity index (χ1v) is 7.46. The predicted molar refractivity (Wildman–Crippen MR) is 73.9 cm³/mol. The zero-order chi connectivity index (χ0) is 14.0. The number of carbonyl (C=O) groups excluding carboxylic acids is 1. The van der Waals surface area contributed by atoms with E-state index in [9.17, 15) is 4.79 Å². The molecule has 5 unspecified atom stereocenters. The molecule has 0 N–H and O–H groups in total. The molecule has 0 radical (unpaired) electrons. The average Bonchev–Trinajstić information content (AvgIpc) is 2.76. The summed E-state index contributed by atoms with van der Waals surface area (Å²) in [5, 5.41) is 0. The van der Waals surface area contributed by atoms with Crippen LogP contribution in [0.15, 0.2) is 0 Å². The third-order valence-electron chi connectivity index (χ3n) is 5.01. The Hall–Kier alpha value is -0.610. The number of ether oxygens (including phenoxy) is 2. The van der Waals surface area contributed by atoms with Crippen molar-refractivity contribution in [2.45, 2.75) is 70.2 Å². The first-order chi connectivity index (χ1) is 9.08. The van der Waals surface area contributed by atoms with Gasteiger partial charge in [0.1, 0.15) is 0 Å². The molecule has 1 saturated carbocycles. The second-order valence-corrected chi connectivity index (χ2v) is 6.09. The predicted octanol–water partition coefficient (Wildman–Crippen LogP) is 2.22. The van der Waals surface area contributed by atoms with Crippen LogP contribution >= 0.6 is 0 Å². The third kappa shape index (κ3) is 2.95. The summed E-state index contributed by atoms with van der Waals surface area (Å²) in [6.07, 6.45) is 5.49. The SMILES string of the molecule is COC(=O)C1CCC(N2C(C)CCC2C)CC1OC. The van der Waals surface area contributed by atoms with Gasteiger partial charge in [-0.15, -0.1) is 0 Å². The molecule has 0 amide bonds. The molecule has 5 atom stereocenters. The number of carbonyl (C=O) groups is 1. The molecule has 4 nitrogen and oxygen atoms in total. The molecule has 0 aromatic rings. The zero-order valence-corrected chi connectivity index (χ0v) is 12.6. The molecule has 19 heavy (non-hydrogen) atoms. The number of nitrogens with zero attached hydrogens (tertiary/aromatic N) is 1. The van der Waals surface area contributed by atoms with Crippen molar-refractivity contribution in [3.63, 3.8) is 0 Å². The van der Waals surface area contributed by atoms with E-state index in [1.807, 2.05) is 0 Å². The lowest BCUT2D eigenvalue weighted by molar-refractivity contribution is -0.153. The van der Waals surface area contributed by atoms with Gasteiger partial charge in [0.05, 0.1) is 19.1 Å². The summed E-state index contributed by atoms with van der Waals surface area (Å²) < 4.78 is 10.5. The van der Waals surface area contributed by atoms with Gasteiger partial charge in [0, 0.05) is 25.2 Å². The standard InChI is InChI=1S/C15H27NO3/c1-10-5-6-11(2)16(10)12-7-8-13(15(17)19-4)14(9-12)18-3/h10-14H,5-9H2,1-4H3. The lowest BCUT2D eigenvalue weighted by Crippen LogP contribution is -2.49. The Morgan fingerprint density at radius 3 is 2.21 bits per heavy atom. The van der Waals surface area contributed by atoms with Crippen LogP contribution in [0.1, 0.15) is 46.0 Å². The van der Waals surface area contributed by atoms with Crippen LogP contribution in [0.5, 0.6) is 0 Å². The van der Waals surface area contributed by atoms with E-state index in [1.54, 1.807) is 7.11 Å². The normalized spacial score (nSPS) is 40.3. The smallest absolute Gasteiger partial charge is 0.311 e. The van der Waals surface area contributed by atoms with Crippen LogP contribution in [0.2, 0.25) is 0 Å². The molecular weight excluding hydrogens is 242 g/mol. The molecule has 1 heterocycles. The second kappa shape index (κ2) is 6.23. The van der Waals surface area contributed by atoms with Gasteiger partial charge in [0.25, 0.3) is 0 Å². The van der Waals surface area contributed by atoms with Crippen LogP contribution in [-0.4, -0.2) is 49.3 Å². The summed E-state index contributed by atoms with van der Waals surface area (Å²) in [7, 11) is 3.17. The molecule has 1 aliphatic heterocycles. The lowest BCUT2D eigenvalue weighted by Gasteiger charge is -2.41. The summed E-state index contributed by atoms with van der Waals surface area (Å²) in [6.45, 7) is 4.63. The van der Waals surface area contributed by atoms with E-state index >= 15 is 0 Å². The largest absolute Gasteiger partial charge is 0.469 e. The highest BCUT2D eigenvalue weighted by atomic mass is 16.5. The summed E-state index contributed by atoms with van der Waals surface area (Å²) >= 11 is 0. The van der Waals surface area contributed by atoms with Crippen molar-refractivity contribution in [3.8, 4) is 0 Å². The Kier molecular flexibility index (Phi) is 4.85. The van der Waals surface area contributed by atoms with Crippen molar-refractivity contribution in [1.29, 1.82) is 0 Å². The number of hydrogen-bond acceptors (Lipinski definition) is 4. The van der Waals surface area contributed by atoms with Gasteiger partial charge in [0.15, 0.2) is 0 Å². The van der Waals surface area contributed by atoms with Gasteiger partial charge < -0.3 is 9.47 Å². The van der Waals surface area contributed by atoms with E-state index in [0.29, 0.717) is 18.1 Å². The highest BCUT2D eigenvalue weighted by molar-refractivity contribution is 5.73. The number of rotatable bonds is 3. The number of likely N-dealkylation sites (tertiary alicyclic amines) is 1. The van der Waals surface area contributed by atoms with Crippen LogP contribution in [0.25, 0.3) is 0 Å². The van der Waals surface area contributed by atoms with Gasteiger partial charge in [0.2, 0.25) is 0 Å². The minimum Gasteiger partial charge on any atom is -0.469 e. The minimum atomic E-state index is -0.118.